The summed E-state index contributed by atoms with van der Waals surface area (Å²) >= 11 is 5.88. The smallest absolute Gasteiger partial charge is 0.272 e. The van der Waals surface area contributed by atoms with Crippen LogP contribution in [-0.4, -0.2) is 41.7 Å². The van der Waals surface area contributed by atoms with Gasteiger partial charge in [-0.15, -0.1) is 0 Å². The standard InChI is InChI=1S/C15H16ClN3O3S/c1-19-14(10-2-4-11(16)5-3-10)8-13(18-19)15(20)17-12-6-7-23(21,22)9-12/h2-5,8,12H,6-7,9H2,1H3,(H,17,20). The largest absolute Gasteiger partial charge is 0.347 e. The van der Waals surface area contributed by atoms with E-state index in [0.717, 1.165) is 11.3 Å². The van der Waals surface area contributed by atoms with E-state index < -0.39 is 9.84 Å². The van der Waals surface area contributed by atoms with E-state index in [1.807, 2.05) is 12.1 Å². The Morgan fingerprint density at radius 2 is 2.04 bits per heavy atom. The summed E-state index contributed by atoms with van der Waals surface area (Å²) in [5, 5.41) is 7.58. The Labute approximate surface area is 139 Å². The number of amides is 1. The molecule has 1 aromatic heterocycles. The van der Waals surface area contributed by atoms with Crippen molar-refractivity contribution in [3.8, 4) is 11.3 Å². The molecule has 2 aromatic rings. The third kappa shape index (κ3) is 3.56. The van der Waals surface area contributed by atoms with Crippen LogP contribution < -0.4 is 5.32 Å². The molecule has 6 nitrogen and oxygen atoms in total. The number of aryl methyl sites for hydroxylation is 1. The fraction of sp³-hybridized carbons (Fsp3) is 0.333. The van der Waals surface area contributed by atoms with Crippen LogP contribution in [0.5, 0.6) is 0 Å². The van der Waals surface area contributed by atoms with Gasteiger partial charge in [0.05, 0.1) is 17.2 Å². The lowest BCUT2D eigenvalue weighted by molar-refractivity contribution is 0.0935. The van der Waals surface area contributed by atoms with E-state index in [4.69, 9.17) is 11.6 Å². The number of aromatic nitrogens is 2. The molecule has 1 unspecified atom stereocenters. The fourth-order valence-corrected chi connectivity index (χ4v) is 4.44. The second-order valence-electron chi connectivity index (χ2n) is 5.62. The van der Waals surface area contributed by atoms with E-state index in [2.05, 4.69) is 10.4 Å². The molecule has 8 heteroatoms. The van der Waals surface area contributed by atoms with Gasteiger partial charge in [0, 0.05) is 18.1 Å². The van der Waals surface area contributed by atoms with Crippen molar-refractivity contribution >= 4 is 27.3 Å². The topological polar surface area (TPSA) is 81.1 Å². The van der Waals surface area contributed by atoms with E-state index in [1.165, 1.54) is 0 Å². The predicted molar refractivity (Wildman–Crippen MR) is 88.2 cm³/mol. The number of hydrogen-bond acceptors (Lipinski definition) is 4. The van der Waals surface area contributed by atoms with Crippen LogP contribution >= 0.6 is 11.6 Å². The summed E-state index contributed by atoms with van der Waals surface area (Å²) in [6.45, 7) is 0. The average Bonchev–Trinajstić information content (AvgIpc) is 3.03. The summed E-state index contributed by atoms with van der Waals surface area (Å²) in [5.41, 5.74) is 1.94. The van der Waals surface area contributed by atoms with Crippen molar-refractivity contribution in [2.75, 3.05) is 11.5 Å². The summed E-state index contributed by atoms with van der Waals surface area (Å²) in [4.78, 5) is 12.3. The molecule has 0 radical (unpaired) electrons. The first-order valence-electron chi connectivity index (χ1n) is 7.15. The Morgan fingerprint density at radius 3 is 2.65 bits per heavy atom. The minimum Gasteiger partial charge on any atom is -0.347 e. The molecule has 0 aliphatic carbocycles. The first-order chi connectivity index (χ1) is 10.8. The number of hydrogen-bond donors (Lipinski definition) is 1. The first-order valence-corrected chi connectivity index (χ1v) is 9.35. The molecule has 1 aliphatic rings. The molecule has 0 bridgehead atoms. The van der Waals surface area contributed by atoms with Crippen molar-refractivity contribution in [2.45, 2.75) is 12.5 Å². The van der Waals surface area contributed by atoms with Crippen molar-refractivity contribution in [2.24, 2.45) is 7.05 Å². The number of nitrogens with one attached hydrogen (secondary N) is 1. The van der Waals surface area contributed by atoms with Gasteiger partial charge in [0.25, 0.3) is 5.91 Å². The highest BCUT2D eigenvalue weighted by Gasteiger charge is 2.29. The first kappa shape index (κ1) is 16.0. The van der Waals surface area contributed by atoms with Crippen molar-refractivity contribution in [3.05, 3.63) is 41.0 Å². The minimum atomic E-state index is -3.03. The fourth-order valence-electron chi connectivity index (χ4n) is 2.64. The van der Waals surface area contributed by atoms with Crippen molar-refractivity contribution < 1.29 is 13.2 Å². The van der Waals surface area contributed by atoms with Gasteiger partial charge >= 0.3 is 0 Å². The number of nitrogens with zero attached hydrogens (tertiary/aromatic N) is 2. The van der Waals surface area contributed by atoms with Gasteiger partial charge in [-0.25, -0.2) is 8.42 Å². The van der Waals surface area contributed by atoms with Crippen LogP contribution in [0.1, 0.15) is 16.9 Å². The van der Waals surface area contributed by atoms with Crippen molar-refractivity contribution in [3.63, 3.8) is 0 Å². The van der Waals surface area contributed by atoms with Crippen LogP contribution in [-0.2, 0) is 16.9 Å². The third-order valence-electron chi connectivity index (χ3n) is 3.82. The molecule has 1 saturated heterocycles. The van der Waals surface area contributed by atoms with Crippen molar-refractivity contribution in [1.82, 2.24) is 15.1 Å². The van der Waals surface area contributed by atoms with E-state index in [9.17, 15) is 13.2 Å². The molecule has 23 heavy (non-hydrogen) atoms. The summed E-state index contributed by atoms with van der Waals surface area (Å²) in [6.07, 6.45) is 0.449. The minimum absolute atomic E-state index is 0.00435. The van der Waals surface area contributed by atoms with Crippen LogP contribution in [0.2, 0.25) is 5.02 Å². The quantitative estimate of drug-likeness (QED) is 0.909. The zero-order chi connectivity index (χ0) is 16.6. The number of carbonyl (C=O) groups excluding carboxylic acids is 1. The zero-order valence-electron chi connectivity index (χ0n) is 12.5. The highest BCUT2D eigenvalue weighted by Crippen LogP contribution is 2.22. The highest BCUT2D eigenvalue weighted by molar-refractivity contribution is 7.91. The van der Waals surface area contributed by atoms with Crippen LogP contribution in [0.3, 0.4) is 0 Å². The molecule has 1 amide bonds. The van der Waals surface area contributed by atoms with Gasteiger partial charge in [-0.05, 0) is 30.2 Å². The lowest BCUT2D eigenvalue weighted by Crippen LogP contribution is -2.35. The Kier molecular flexibility index (Phi) is 4.16. The predicted octanol–water partition coefficient (Wildman–Crippen LogP) is 1.66. The van der Waals surface area contributed by atoms with Gasteiger partial charge in [-0.3, -0.25) is 9.48 Å². The lowest BCUT2D eigenvalue weighted by atomic mass is 10.1. The summed E-state index contributed by atoms with van der Waals surface area (Å²) in [6, 6.07) is 8.59. The average molecular weight is 354 g/mol. The monoisotopic (exact) mass is 353 g/mol. The molecule has 122 valence electrons. The van der Waals surface area contributed by atoms with Crippen LogP contribution in [0.4, 0.5) is 0 Å². The molecule has 2 heterocycles. The second kappa shape index (κ2) is 5.98. The molecule has 1 fully saturated rings. The number of rotatable bonds is 3. The molecule has 1 aromatic carbocycles. The molecule has 1 aliphatic heterocycles. The Morgan fingerprint density at radius 1 is 1.35 bits per heavy atom. The number of sulfone groups is 1. The Balaban J connectivity index is 1.77. The third-order valence-corrected chi connectivity index (χ3v) is 5.84. The molecule has 0 saturated carbocycles. The molecular formula is C15H16ClN3O3S. The molecular weight excluding hydrogens is 338 g/mol. The number of benzene rings is 1. The van der Waals surface area contributed by atoms with Gasteiger partial charge in [0.15, 0.2) is 15.5 Å². The van der Waals surface area contributed by atoms with Gasteiger partial charge in [0.1, 0.15) is 0 Å². The Bertz CT molecular complexity index is 843. The number of carbonyl (C=O) groups is 1. The lowest BCUT2D eigenvalue weighted by Gasteiger charge is -2.08. The van der Waals surface area contributed by atoms with E-state index >= 15 is 0 Å². The van der Waals surface area contributed by atoms with Crippen molar-refractivity contribution in [1.29, 1.82) is 0 Å². The van der Waals surface area contributed by atoms with Gasteiger partial charge in [-0.2, -0.15) is 5.10 Å². The molecule has 1 N–H and O–H groups in total. The summed E-state index contributed by atoms with van der Waals surface area (Å²) < 4.78 is 24.5. The Hall–Kier alpha value is -1.86. The molecule has 0 spiro atoms. The maximum atomic E-state index is 12.3. The van der Waals surface area contributed by atoms with E-state index in [0.29, 0.717) is 11.4 Å². The van der Waals surface area contributed by atoms with Gasteiger partial charge < -0.3 is 5.32 Å². The maximum absolute atomic E-state index is 12.3. The second-order valence-corrected chi connectivity index (χ2v) is 8.28. The summed E-state index contributed by atoms with van der Waals surface area (Å²) in [7, 11) is -1.28. The highest BCUT2D eigenvalue weighted by atomic mass is 35.5. The van der Waals surface area contributed by atoms with E-state index in [-0.39, 0.29) is 29.1 Å². The zero-order valence-corrected chi connectivity index (χ0v) is 14.1. The van der Waals surface area contributed by atoms with Crippen LogP contribution in [0.25, 0.3) is 11.3 Å². The van der Waals surface area contributed by atoms with E-state index in [1.54, 1.807) is 29.9 Å². The van der Waals surface area contributed by atoms with Crippen LogP contribution in [0, 0.1) is 0 Å². The molecule has 3 rings (SSSR count). The number of halogens is 1. The maximum Gasteiger partial charge on any atom is 0.272 e. The molecule has 1 atom stereocenters. The summed E-state index contributed by atoms with van der Waals surface area (Å²) in [5.74, 6) is -0.242. The van der Waals surface area contributed by atoms with Gasteiger partial charge in [0.2, 0.25) is 0 Å². The normalized spacial score (nSPS) is 19.7. The van der Waals surface area contributed by atoms with Gasteiger partial charge in [-0.1, -0.05) is 23.7 Å². The SMILES string of the molecule is Cn1nc(C(=O)NC2CCS(=O)(=O)C2)cc1-c1ccc(Cl)cc1. The van der Waals surface area contributed by atoms with Crippen LogP contribution in [0.15, 0.2) is 30.3 Å².